The molecule has 6 rings (SSSR count). The average Bonchev–Trinajstić information content (AvgIpc) is 3.62. The first kappa shape index (κ1) is 26.2. The molecule has 1 amide bonds. The van der Waals surface area contributed by atoms with Crippen LogP contribution in [-0.4, -0.2) is 53.8 Å². The zero-order chi connectivity index (χ0) is 28.7. The Hall–Kier alpha value is -5.00. The molecule has 12 heteroatoms. The van der Waals surface area contributed by atoms with Crippen molar-refractivity contribution in [3.05, 3.63) is 107 Å². The van der Waals surface area contributed by atoms with Crippen LogP contribution >= 0.6 is 0 Å². The minimum absolute atomic E-state index is 0.258. The van der Waals surface area contributed by atoms with Crippen molar-refractivity contribution in [3.63, 3.8) is 0 Å². The predicted octanol–water partition coefficient (Wildman–Crippen LogP) is 5.11. The van der Waals surface area contributed by atoms with Crippen LogP contribution in [0.3, 0.4) is 0 Å². The molecule has 0 fully saturated rings. The summed E-state index contributed by atoms with van der Waals surface area (Å²) in [5.74, 6) is 0.807. The summed E-state index contributed by atoms with van der Waals surface area (Å²) in [5.41, 5.74) is 2.14. The van der Waals surface area contributed by atoms with Crippen molar-refractivity contribution in [2.24, 2.45) is 0 Å². The van der Waals surface area contributed by atoms with E-state index in [0.717, 1.165) is 17.8 Å². The summed E-state index contributed by atoms with van der Waals surface area (Å²) < 4.78 is 48.9. The Bertz CT molecular complexity index is 1710. The summed E-state index contributed by atoms with van der Waals surface area (Å²) in [6.45, 7) is 2.51. The summed E-state index contributed by atoms with van der Waals surface area (Å²) in [6, 6.07) is 16.3. The molecule has 208 valence electrons. The molecule has 2 aromatic carbocycles. The maximum atomic E-state index is 13.6. The second kappa shape index (κ2) is 10.2. The molecule has 41 heavy (non-hydrogen) atoms. The number of rotatable bonds is 5. The number of pyridine rings is 1. The summed E-state index contributed by atoms with van der Waals surface area (Å²) >= 11 is 0. The molecule has 9 nitrogen and oxygen atoms in total. The van der Waals surface area contributed by atoms with Gasteiger partial charge in [0.05, 0.1) is 31.2 Å². The monoisotopic (exact) mass is 559 g/mol. The van der Waals surface area contributed by atoms with E-state index in [1.165, 1.54) is 19.2 Å². The third-order valence-corrected chi connectivity index (χ3v) is 6.90. The number of amides is 1. The van der Waals surface area contributed by atoms with Crippen molar-refractivity contribution < 1.29 is 22.7 Å². The van der Waals surface area contributed by atoms with Gasteiger partial charge in [0.2, 0.25) is 5.88 Å². The number of alkyl halides is 3. The highest BCUT2D eigenvalue weighted by Crippen LogP contribution is 2.36. The normalized spacial score (nSPS) is 15.0. The molecule has 0 N–H and O–H groups in total. The molecule has 0 saturated carbocycles. The standard InChI is InChI=1S/C29H24F3N7O2/c1-18-16-37(17-33-18)23-13-12-22(34-27(23)41-2)25-35-26-24(19-8-10-21(11-9-19)29(30,31)32)38(14-15-39(26)36-25)28(40)20-6-4-3-5-7-20/h3-13,16-17,24H,14-15H2,1-2H3. The second-order valence-electron chi connectivity index (χ2n) is 9.55. The van der Waals surface area contributed by atoms with Gasteiger partial charge in [-0.25, -0.2) is 19.6 Å². The Morgan fingerprint density at radius 2 is 1.73 bits per heavy atom. The number of hydrogen-bond acceptors (Lipinski definition) is 6. The number of ether oxygens (including phenoxy) is 1. The Morgan fingerprint density at radius 1 is 0.976 bits per heavy atom. The van der Waals surface area contributed by atoms with E-state index in [2.05, 4.69) is 15.1 Å². The Balaban J connectivity index is 1.42. The van der Waals surface area contributed by atoms with E-state index in [1.54, 1.807) is 50.8 Å². The Labute approximate surface area is 232 Å². The van der Waals surface area contributed by atoms with E-state index in [9.17, 15) is 18.0 Å². The molecule has 0 aliphatic carbocycles. The van der Waals surface area contributed by atoms with Crippen molar-refractivity contribution >= 4 is 5.91 Å². The van der Waals surface area contributed by atoms with E-state index >= 15 is 0 Å². The molecule has 3 aromatic heterocycles. The van der Waals surface area contributed by atoms with Crippen LogP contribution in [-0.2, 0) is 12.7 Å². The number of methoxy groups -OCH3 is 1. The molecule has 0 saturated heterocycles. The van der Waals surface area contributed by atoms with E-state index in [4.69, 9.17) is 9.72 Å². The lowest BCUT2D eigenvalue weighted by atomic mass is 9.99. The van der Waals surface area contributed by atoms with Gasteiger partial charge in [-0.2, -0.15) is 13.2 Å². The molecule has 0 radical (unpaired) electrons. The summed E-state index contributed by atoms with van der Waals surface area (Å²) in [5, 5.41) is 4.65. The highest BCUT2D eigenvalue weighted by atomic mass is 19.4. The maximum absolute atomic E-state index is 13.6. The first-order chi connectivity index (χ1) is 19.7. The Morgan fingerprint density at radius 3 is 2.39 bits per heavy atom. The van der Waals surface area contributed by atoms with E-state index in [-0.39, 0.29) is 12.5 Å². The SMILES string of the molecule is COc1nc(-c2nc3n(n2)CCN(C(=O)c2ccccc2)C3c2ccc(C(F)(F)F)cc2)ccc1-n1cnc(C)c1. The molecule has 0 spiro atoms. The number of halogens is 3. The van der Waals surface area contributed by atoms with Crippen LogP contribution < -0.4 is 4.74 Å². The number of nitrogens with zero attached hydrogens (tertiary/aromatic N) is 7. The molecule has 1 aliphatic heterocycles. The van der Waals surface area contributed by atoms with Gasteiger partial charge in [-0.05, 0) is 48.9 Å². The number of benzene rings is 2. The van der Waals surface area contributed by atoms with E-state index in [1.807, 2.05) is 25.3 Å². The van der Waals surface area contributed by atoms with Crippen LogP contribution in [0.25, 0.3) is 17.2 Å². The fourth-order valence-electron chi connectivity index (χ4n) is 4.91. The van der Waals surface area contributed by atoms with Crippen LogP contribution in [0.5, 0.6) is 5.88 Å². The van der Waals surface area contributed by atoms with Gasteiger partial charge in [-0.3, -0.25) is 4.79 Å². The van der Waals surface area contributed by atoms with E-state index in [0.29, 0.717) is 46.6 Å². The third kappa shape index (κ3) is 4.92. The number of aryl methyl sites for hydroxylation is 1. The largest absolute Gasteiger partial charge is 0.479 e. The summed E-state index contributed by atoms with van der Waals surface area (Å²) in [6.07, 6.45) is -0.973. The summed E-state index contributed by atoms with van der Waals surface area (Å²) in [4.78, 5) is 28.8. The van der Waals surface area contributed by atoms with Gasteiger partial charge < -0.3 is 14.2 Å². The van der Waals surface area contributed by atoms with Gasteiger partial charge in [0.25, 0.3) is 5.91 Å². The van der Waals surface area contributed by atoms with Crippen LogP contribution in [0.2, 0.25) is 0 Å². The number of hydrogen-bond donors (Lipinski definition) is 0. The predicted molar refractivity (Wildman–Crippen MR) is 142 cm³/mol. The van der Waals surface area contributed by atoms with Crippen LogP contribution in [0.1, 0.15) is 39.0 Å². The summed E-state index contributed by atoms with van der Waals surface area (Å²) in [7, 11) is 1.51. The number of carbonyl (C=O) groups excluding carboxylic acids is 1. The fraction of sp³-hybridized carbons (Fsp3) is 0.207. The zero-order valence-corrected chi connectivity index (χ0v) is 22.1. The van der Waals surface area contributed by atoms with Gasteiger partial charge in [-0.15, -0.1) is 5.10 Å². The quantitative estimate of drug-likeness (QED) is 0.297. The minimum Gasteiger partial charge on any atom is -0.479 e. The minimum atomic E-state index is -4.48. The first-order valence-electron chi connectivity index (χ1n) is 12.8. The first-order valence-corrected chi connectivity index (χ1v) is 12.8. The average molecular weight is 560 g/mol. The number of carbonyl (C=O) groups is 1. The van der Waals surface area contributed by atoms with E-state index < -0.39 is 17.8 Å². The lowest BCUT2D eigenvalue weighted by molar-refractivity contribution is -0.137. The molecule has 5 aromatic rings. The van der Waals surface area contributed by atoms with Crippen molar-refractivity contribution in [2.75, 3.05) is 13.7 Å². The Kier molecular flexibility index (Phi) is 6.52. The number of aromatic nitrogens is 6. The number of imidazole rings is 1. The van der Waals surface area contributed by atoms with Crippen molar-refractivity contribution in [2.45, 2.75) is 25.7 Å². The maximum Gasteiger partial charge on any atom is 0.416 e. The number of fused-ring (bicyclic) bond motifs is 1. The molecule has 1 unspecified atom stereocenters. The molecule has 4 heterocycles. The zero-order valence-electron chi connectivity index (χ0n) is 22.1. The van der Waals surface area contributed by atoms with Gasteiger partial charge >= 0.3 is 6.18 Å². The molecular formula is C29H24F3N7O2. The highest BCUT2D eigenvalue weighted by molar-refractivity contribution is 5.94. The lowest BCUT2D eigenvalue weighted by Gasteiger charge is -2.35. The third-order valence-electron chi connectivity index (χ3n) is 6.90. The fourth-order valence-corrected chi connectivity index (χ4v) is 4.91. The van der Waals surface area contributed by atoms with Gasteiger partial charge in [0, 0.05) is 18.3 Å². The van der Waals surface area contributed by atoms with Crippen LogP contribution in [0.4, 0.5) is 13.2 Å². The second-order valence-corrected chi connectivity index (χ2v) is 9.55. The molecule has 1 aliphatic rings. The molecule has 1 atom stereocenters. The van der Waals surface area contributed by atoms with Crippen LogP contribution in [0, 0.1) is 6.92 Å². The smallest absolute Gasteiger partial charge is 0.416 e. The van der Waals surface area contributed by atoms with Crippen molar-refractivity contribution in [1.82, 2.24) is 34.2 Å². The van der Waals surface area contributed by atoms with Gasteiger partial charge in [-0.1, -0.05) is 30.3 Å². The lowest BCUT2D eigenvalue weighted by Crippen LogP contribution is -2.43. The van der Waals surface area contributed by atoms with Crippen molar-refractivity contribution in [1.29, 1.82) is 0 Å². The molecular weight excluding hydrogens is 535 g/mol. The molecule has 0 bridgehead atoms. The van der Waals surface area contributed by atoms with Crippen molar-refractivity contribution in [3.8, 4) is 23.1 Å². The van der Waals surface area contributed by atoms with Crippen LogP contribution in [0.15, 0.2) is 79.3 Å². The van der Waals surface area contributed by atoms with Gasteiger partial charge in [0.15, 0.2) is 11.6 Å². The topological polar surface area (TPSA) is 91.0 Å². The highest BCUT2D eigenvalue weighted by Gasteiger charge is 2.37. The van der Waals surface area contributed by atoms with Gasteiger partial charge in [0.1, 0.15) is 17.4 Å².